The van der Waals surface area contributed by atoms with Crippen LogP contribution in [0.1, 0.15) is 18.4 Å². The van der Waals surface area contributed by atoms with Gasteiger partial charge >= 0.3 is 0 Å². The highest BCUT2D eigenvalue weighted by Crippen LogP contribution is 2.31. The normalized spacial score (nSPS) is 14.5. The van der Waals surface area contributed by atoms with Crippen LogP contribution in [0, 0.1) is 12.8 Å². The lowest BCUT2D eigenvalue weighted by atomic mass is 10.1. The summed E-state index contributed by atoms with van der Waals surface area (Å²) in [6.45, 7) is 1.96. The van der Waals surface area contributed by atoms with Gasteiger partial charge in [-0.15, -0.1) is 5.10 Å². The molecule has 0 aliphatic heterocycles. The molecule has 0 atom stereocenters. The summed E-state index contributed by atoms with van der Waals surface area (Å²) in [6, 6.07) is 5.74. The van der Waals surface area contributed by atoms with Crippen LogP contribution in [-0.4, -0.2) is 26.1 Å². The highest BCUT2D eigenvalue weighted by molar-refractivity contribution is 5.94. The van der Waals surface area contributed by atoms with E-state index in [0.717, 1.165) is 29.8 Å². The summed E-state index contributed by atoms with van der Waals surface area (Å²) >= 11 is 0. The van der Waals surface area contributed by atoms with Crippen molar-refractivity contribution in [3.63, 3.8) is 0 Å². The van der Waals surface area contributed by atoms with Crippen LogP contribution in [0.4, 0.5) is 5.69 Å². The molecule has 0 spiro atoms. The van der Waals surface area contributed by atoms with E-state index in [0.29, 0.717) is 0 Å². The summed E-state index contributed by atoms with van der Waals surface area (Å²) in [5.74, 6) is 0.299. The van der Waals surface area contributed by atoms with Crippen LogP contribution >= 0.6 is 0 Å². The molecule has 3 rings (SSSR count). The number of hydrogen-bond donors (Lipinski definition) is 1. The zero-order valence-corrected chi connectivity index (χ0v) is 10.00. The number of benzene rings is 1. The molecule has 1 aromatic carbocycles. The van der Waals surface area contributed by atoms with Gasteiger partial charge in [-0.3, -0.25) is 4.79 Å². The molecule has 1 heterocycles. The lowest BCUT2D eigenvalue weighted by Gasteiger charge is -2.09. The molecular weight excluding hydrogens is 230 g/mol. The number of tetrazole rings is 1. The van der Waals surface area contributed by atoms with Crippen LogP contribution in [0.25, 0.3) is 5.69 Å². The Hall–Kier alpha value is -2.24. The zero-order chi connectivity index (χ0) is 12.5. The van der Waals surface area contributed by atoms with E-state index >= 15 is 0 Å². The number of carbonyl (C=O) groups is 1. The number of nitrogens with zero attached hydrogens (tertiary/aromatic N) is 4. The number of nitrogens with one attached hydrogen (secondary N) is 1. The number of anilines is 1. The Morgan fingerprint density at radius 3 is 2.94 bits per heavy atom. The van der Waals surface area contributed by atoms with Gasteiger partial charge in [0.2, 0.25) is 5.91 Å². The van der Waals surface area contributed by atoms with Crippen molar-refractivity contribution in [3.8, 4) is 5.69 Å². The van der Waals surface area contributed by atoms with Crippen LogP contribution < -0.4 is 5.32 Å². The van der Waals surface area contributed by atoms with Gasteiger partial charge in [-0.05, 0) is 47.9 Å². The average Bonchev–Trinajstić information content (AvgIpc) is 3.08. The smallest absolute Gasteiger partial charge is 0.227 e. The third kappa shape index (κ3) is 2.09. The van der Waals surface area contributed by atoms with Crippen molar-refractivity contribution in [2.45, 2.75) is 19.8 Å². The van der Waals surface area contributed by atoms with Crippen LogP contribution in [0.15, 0.2) is 24.5 Å². The fourth-order valence-corrected chi connectivity index (χ4v) is 1.75. The van der Waals surface area contributed by atoms with Crippen molar-refractivity contribution >= 4 is 11.6 Å². The first-order valence-corrected chi connectivity index (χ1v) is 5.89. The molecule has 1 aliphatic rings. The minimum Gasteiger partial charge on any atom is -0.326 e. The van der Waals surface area contributed by atoms with Crippen LogP contribution in [0.2, 0.25) is 0 Å². The van der Waals surface area contributed by atoms with Gasteiger partial charge in [-0.25, -0.2) is 4.68 Å². The first kappa shape index (κ1) is 10.9. The molecule has 6 heteroatoms. The Kier molecular flexibility index (Phi) is 2.55. The quantitative estimate of drug-likeness (QED) is 0.882. The lowest BCUT2D eigenvalue weighted by molar-refractivity contribution is -0.117. The Morgan fingerprint density at radius 2 is 2.28 bits per heavy atom. The number of aryl methyl sites for hydroxylation is 1. The molecule has 2 aromatic rings. The Morgan fingerprint density at radius 1 is 1.44 bits per heavy atom. The molecule has 1 aliphatic carbocycles. The summed E-state index contributed by atoms with van der Waals surface area (Å²) in [6.07, 6.45) is 3.52. The van der Waals surface area contributed by atoms with Gasteiger partial charge in [-0.1, -0.05) is 6.07 Å². The van der Waals surface area contributed by atoms with Gasteiger partial charge in [0.25, 0.3) is 0 Å². The summed E-state index contributed by atoms with van der Waals surface area (Å²) in [5, 5.41) is 14.0. The number of carbonyl (C=O) groups excluding carboxylic acids is 1. The maximum atomic E-state index is 11.8. The average molecular weight is 243 g/mol. The maximum Gasteiger partial charge on any atom is 0.227 e. The predicted molar refractivity (Wildman–Crippen MR) is 65.2 cm³/mol. The molecule has 18 heavy (non-hydrogen) atoms. The topological polar surface area (TPSA) is 72.7 Å². The van der Waals surface area contributed by atoms with E-state index in [1.54, 1.807) is 4.68 Å². The summed E-state index contributed by atoms with van der Waals surface area (Å²) < 4.78 is 1.56. The van der Waals surface area contributed by atoms with Gasteiger partial charge < -0.3 is 5.32 Å². The molecule has 1 amide bonds. The van der Waals surface area contributed by atoms with Crippen molar-refractivity contribution in [2.75, 3.05) is 5.32 Å². The maximum absolute atomic E-state index is 11.8. The van der Waals surface area contributed by atoms with Crippen molar-refractivity contribution in [1.82, 2.24) is 20.2 Å². The molecule has 1 aromatic heterocycles. The largest absolute Gasteiger partial charge is 0.326 e. The molecule has 1 saturated carbocycles. The van der Waals surface area contributed by atoms with Crippen LogP contribution in [-0.2, 0) is 4.79 Å². The van der Waals surface area contributed by atoms with E-state index in [1.165, 1.54) is 6.33 Å². The number of hydrogen-bond acceptors (Lipinski definition) is 4. The Bertz CT molecular complexity index is 574. The first-order chi connectivity index (χ1) is 8.74. The molecule has 0 unspecified atom stereocenters. The van der Waals surface area contributed by atoms with Crippen LogP contribution in [0.5, 0.6) is 0 Å². The fourth-order valence-electron chi connectivity index (χ4n) is 1.75. The van der Waals surface area contributed by atoms with Gasteiger partial charge in [0, 0.05) is 11.6 Å². The monoisotopic (exact) mass is 243 g/mol. The standard InChI is InChI=1S/C12H13N5O/c1-8-2-5-10(17-7-13-15-16-17)6-11(8)14-12(18)9-3-4-9/h2,5-7,9H,3-4H2,1H3,(H,14,18). The number of rotatable bonds is 3. The Balaban J connectivity index is 1.88. The van der Waals surface area contributed by atoms with Crippen molar-refractivity contribution in [3.05, 3.63) is 30.1 Å². The van der Waals surface area contributed by atoms with E-state index in [9.17, 15) is 4.79 Å². The Labute approximate surface area is 104 Å². The van der Waals surface area contributed by atoms with Crippen LogP contribution in [0.3, 0.4) is 0 Å². The zero-order valence-electron chi connectivity index (χ0n) is 10.00. The number of amides is 1. The lowest BCUT2D eigenvalue weighted by Crippen LogP contribution is -2.14. The molecular formula is C12H13N5O. The van der Waals surface area contributed by atoms with Crippen molar-refractivity contribution in [2.24, 2.45) is 5.92 Å². The second-order valence-electron chi connectivity index (χ2n) is 4.52. The number of aromatic nitrogens is 4. The highest BCUT2D eigenvalue weighted by atomic mass is 16.2. The molecule has 0 radical (unpaired) electrons. The summed E-state index contributed by atoms with van der Waals surface area (Å²) in [4.78, 5) is 11.8. The molecule has 6 nitrogen and oxygen atoms in total. The first-order valence-electron chi connectivity index (χ1n) is 5.89. The van der Waals surface area contributed by atoms with E-state index in [1.807, 2.05) is 25.1 Å². The SMILES string of the molecule is Cc1ccc(-n2cnnn2)cc1NC(=O)C1CC1. The van der Waals surface area contributed by atoms with Gasteiger partial charge in [-0.2, -0.15) is 0 Å². The summed E-state index contributed by atoms with van der Waals surface area (Å²) in [7, 11) is 0. The molecule has 0 bridgehead atoms. The second-order valence-corrected chi connectivity index (χ2v) is 4.52. The molecule has 1 N–H and O–H groups in total. The highest BCUT2D eigenvalue weighted by Gasteiger charge is 2.29. The van der Waals surface area contributed by atoms with E-state index in [2.05, 4.69) is 20.8 Å². The predicted octanol–water partition coefficient (Wildman–Crippen LogP) is 1.32. The fraction of sp³-hybridized carbons (Fsp3) is 0.333. The van der Waals surface area contributed by atoms with Gasteiger partial charge in [0.05, 0.1) is 5.69 Å². The third-order valence-electron chi connectivity index (χ3n) is 3.04. The minimum absolute atomic E-state index is 0.104. The van der Waals surface area contributed by atoms with Crippen molar-refractivity contribution in [1.29, 1.82) is 0 Å². The van der Waals surface area contributed by atoms with Gasteiger partial charge in [0.1, 0.15) is 6.33 Å². The van der Waals surface area contributed by atoms with E-state index in [4.69, 9.17) is 0 Å². The summed E-state index contributed by atoms with van der Waals surface area (Å²) in [5.41, 5.74) is 2.68. The third-order valence-corrected chi connectivity index (χ3v) is 3.04. The van der Waals surface area contributed by atoms with Crippen molar-refractivity contribution < 1.29 is 4.79 Å². The van der Waals surface area contributed by atoms with E-state index in [-0.39, 0.29) is 11.8 Å². The van der Waals surface area contributed by atoms with E-state index < -0.39 is 0 Å². The minimum atomic E-state index is 0.104. The second kappa shape index (κ2) is 4.21. The molecule has 92 valence electrons. The molecule has 1 fully saturated rings. The van der Waals surface area contributed by atoms with Gasteiger partial charge in [0.15, 0.2) is 0 Å². The molecule has 0 saturated heterocycles.